The number of carbonyl (C=O) groups is 2. The van der Waals surface area contributed by atoms with Crippen LogP contribution in [0.3, 0.4) is 0 Å². The molecule has 31 heavy (non-hydrogen) atoms. The van der Waals surface area contributed by atoms with Gasteiger partial charge in [0.05, 0.1) is 11.6 Å². The van der Waals surface area contributed by atoms with Gasteiger partial charge in [0.2, 0.25) is 0 Å². The first-order valence-electron chi connectivity index (χ1n) is 10.1. The molecule has 2 aromatic carbocycles. The monoisotopic (exact) mass is 421 g/mol. The molecule has 0 unspecified atom stereocenters. The predicted molar refractivity (Wildman–Crippen MR) is 111 cm³/mol. The standard InChI is InChI=1S/C23H23N3O5/c1-13(24-21(27)22-25-14(2)26-31-22)20(17-7-5-16(6-8-17)15-3-4-15)30-19-11-9-18(10-12-19)23(28)29/h5-13,15,20H,3-4H2,1-2H3,(H,24,27)(H,28,29)/t13-,20-/m0/s1. The molecule has 8 nitrogen and oxygen atoms in total. The molecule has 3 aromatic rings. The fraction of sp³-hybridized carbons (Fsp3) is 0.304. The van der Waals surface area contributed by atoms with Crippen LogP contribution < -0.4 is 10.1 Å². The predicted octanol–water partition coefficient (Wildman–Crippen LogP) is 3.89. The summed E-state index contributed by atoms with van der Waals surface area (Å²) in [6.07, 6.45) is 1.91. The molecule has 1 aromatic heterocycles. The Kier molecular flexibility index (Phi) is 5.70. The zero-order valence-corrected chi connectivity index (χ0v) is 17.2. The van der Waals surface area contributed by atoms with Gasteiger partial charge in [-0.15, -0.1) is 0 Å². The van der Waals surface area contributed by atoms with Crippen LogP contribution in [0.2, 0.25) is 0 Å². The van der Waals surface area contributed by atoms with Crippen molar-refractivity contribution in [1.82, 2.24) is 15.5 Å². The van der Waals surface area contributed by atoms with Gasteiger partial charge >= 0.3 is 17.8 Å². The lowest BCUT2D eigenvalue weighted by atomic mass is 10.00. The van der Waals surface area contributed by atoms with Crippen LogP contribution >= 0.6 is 0 Å². The fourth-order valence-electron chi connectivity index (χ4n) is 3.39. The number of aromatic carboxylic acids is 1. The van der Waals surface area contributed by atoms with E-state index in [4.69, 9.17) is 14.4 Å². The van der Waals surface area contributed by atoms with E-state index in [1.165, 1.54) is 30.5 Å². The van der Waals surface area contributed by atoms with Crippen molar-refractivity contribution < 1.29 is 24.0 Å². The second-order valence-electron chi connectivity index (χ2n) is 7.72. The molecule has 8 heteroatoms. The van der Waals surface area contributed by atoms with Gasteiger partial charge in [-0.25, -0.2) is 4.79 Å². The summed E-state index contributed by atoms with van der Waals surface area (Å²) in [4.78, 5) is 27.6. The maximum absolute atomic E-state index is 12.5. The number of aromatic nitrogens is 2. The van der Waals surface area contributed by atoms with E-state index >= 15 is 0 Å². The van der Waals surface area contributed by atoms with Gasteiger partial charge in [-0.05, 0) is 68.0 Å². The Morgan fingerprint density at radius 1 is 1.13 bits per heavy atom. The van der Waals surface area contributed by atoms with Crippen LogP contribution in [-0.2, 0) is 0 Å². The fourth-order valence-corrected chi connectivity index (χ4v) is 3.39. The summed E-state index contributed by atoms with van der Waals surface area (Å²) in [5, 5.41) is 15.6. The highest BCUT2D eigenvalue weighted by Gasteiger charge is 2.27. The average molecular weight is 421 g/mol. The van der Waals surface area contributed by atoms with Crippen molar-refractivity contribution in [3.8, 4) is 5.75 Å². The van der Waals surface area contributed by atoms with Gasteiger partial charge in [0.25, 0.3) is 0 Å². The van der Waals surface area contributed by atoms with Crippen LogP contribution in [0, 0.1) is 6.92 Å². The first-order chi connectivity index (χ1) is 14.9. The number of ether oxygens (including phenoxy) is 1. The van der Waals surface area contributed by atoms with Crippen LogP contribution in [0.5, 0.6) is 5.75 Å². The zero-order chi connectivity index (χ0) is 22.0. The summed E-state index contributed by atoms with van der Waals surface area (Å²) >= 11 is 0. The smallest absolute Gasteiger partial charge is 0.335 e. The van der Waals surface area contributed by atoms with Gasteiger partial charge in [0, 0.05) is 0 Å². The summed E-state index contributed by atoms with van der Waals surface area (Å²) in [6.45, 7) is 3.46. The van der Waals surface area contributed by atoms with Crippen LogP contribution in [-0.4, -0.2) is 33.2 Å². The number of rotatable bonds is 8. The lowest BCUT2D eigenvalue weighted by molar-refractivity contribution is 0.0696. The minimum Gasteiger partial charge on any atom is -0.484 e. The molecule has 1 saturated carbocycles. The Bertz CT molecular complexity index is 1070. The van der Waals surface area contributed by atoms with Crippen LogP contribution in [0.1, 0.15) is 69.8 Å². The quantitative estimate of drug-likeness (QED) is 0.567. The molecule has 4 rings (SSSR count). The lowest BCUT2D eigenvalue weighted by Gasteiger charge is -2.26. The summed E-state index contributed by atoms with van der Waals surface area (Å²) in [5.41, 5.74) is 2.36. The van der Waals surface area contributed by atoms with Crippen LogP contribution in [0.4, 0.5) is 0 Å². The molecule has 0 bridgehead atoms. The molecule has 1 amide bonds. The molecule has 2 atom stereocenters. The first kappa shape index (κ1) is 20.6. The van der Waals surface area contributed by atoms with Gasteiger partial charge < -0.3 is 19.7 Å². The number of hydrogen-bond acceptors (Lipinski definition) is 6. The Hall–Kier alpha value is -3.68. The molecule has 0 aliphatic heterocycles. The maximum atomic E-state index is 12.5. The normalized spacial score (nSPS) is 15.2. The van der Waals surface area contributed by atoms with E-state index in [1.807, 2.05) is 19.1 Å². The number of nitrogens with one attached hydrogen (secondary N) is 1. The van der Waals surface area contributed by atoms with Crippen molar-refractivity contribution in [1.29, 1.82) is 0 Å². The average Bonchev–Trinajstić information content (AvgIpc) is 3.52. The van der Waals surface area contributed by atoms with Crippen LogP contribution in [0.25, 0.3) is 0 Å². The van der Waals surface area contributed by atoms with Crippen molar-refractivity contribution in [2.75, 3.05) is 0 Å². The number of amides is 1. The topological polar surface area (TPSA) is 115 Å². The second kappa shape index (κ2) is 8.59. The Labute approximate surface area is 179 Å². The number of benzene rings is 2. The Morgan fingerprint density at radius 2 is 1.81 bits per heavy atom. The molecule has 0 radical (unpaired) electrons. The van der Waals surface area contributed by atoms with Gasteiger partial charge in [-0.1, -0.05) is 29.4 Å². The number of aryl methyl sites for hydroxylation is 1. The summed E-state index contributed by atoms with van der Waals surface area (Å²) in [6, 6.07) is 13.9. The van der Waals surface area contributed by atoms with E-state index in [9.17, 15) is 9.59 Å². The summed E-state index contributed by atoms with van der Waals surface area (Å²) in [5.74, 6) is -0.101. The molecule has 0 saturated heterocycles. The molecular formula is C23H23N3O5. The van der Waals surface area contributed by atoms with E-state index < -0.39 is 24.0 Å². The first-order valence-corrected chi connectivity index (χ1v) is 10.1. The van der Waals surface area contributed by atoms with Gasteiger partial charge in [0.15, 0.2) is 5.82 Å². The van der Waals surface area contributed by atoms with E-state index in [1.54, 1.807) is 19.1 Å². The number of carboxylic acids is 1. The van der Waals surface area contributed by atoms with E-state index in [2.05, 4.69) is 27.6 Å². The lowest BCUT2D eigenvalue weighted by Crippen LogP contribution is -2.39. The SMILES string of the molecule is Cc1noc(C(=O)N[C@@H](C)[C@H](Oc2ccc(C(=O)O)cc2)c2ccc(C3CC3)cc2)n1. The largest absolute Gasteiger partial charge is 0.484 e. The Balaban J connectivity index is 1.56. The minimum atomic E-state index is -1.01. The molecule has 160 valence electrons. The van der Waals surface area contributed by atoms with Crippen molar-refractivity contribution >= 4 is 11.9 Å². The van der Waals surface area contributed by atoms with Crippen molar-refractivity contribution in [3.63, 3.8) is 0 Å². The molecule has 1 aliphatic rings. The van der Waals surface area contributed by atoms with Crippen molar-refractivity contribution in [3.05, 3.63) is 76.9 Å². The highest BCUT2D eigenvalue weighted by atomic mass is 16.5. The van der Waals surface area contributed by atoms with Gasteiger partial charge in [-0.3, -0.25) is 4.79 Å². The van der Waals surface area contributed by atoms with Crippen LogP contribution in [0.15, 0.2) is 53.1 Å². The third-order valence-electron chi connectivity index (χ3n) is 5.21. The number of carboxylic acid groups (broad SMARTS) is 1. The molecule has 1 fully saturated rings. The maximum Gasteiger partial charge on any atom is 0.335 e. The molecule has 0 spiro atoms. The molecule has 1 heterocycles. The molecule has 1 aliphatic carbocycles. The van der Waals surface area contributed by atoms with Gasteiger partial charge in [-0.2, -0.15) is 4.98 Å². The van der Waals surface area contributed by atoms with Gasteiger partial charge in [0.1, 0.15) is 11.9 Å². The van der Waals surface area contributed by atoms with Crippen molar-refractivity contribution in [2.24, 2.45) is 0 Å². The third kappa shape index (κ3) is 4.91. The minimum absolute atomic E-state index is 0.113. The van der Waals surface area contributed by atoms with E-state index in [0.29, 0.717) is 17.5 Å². The summed E-state index contributed by atoms with van der Waals surface area (Å²) < 4.78 is 11.1. The Morgan fingerprint density at radius 3 is 2.35 bits per heavy atom. The number of hydrogen-bond donors (Lipinski definition) is 2. The van der Waals surface area contributed by atoms with E-state index in [0.717, 1.165) is 5.56 Å². The molecule has 2 N–H and O–H groups in total. The summed E-state index contributed by atoms with van der Waals surface area (Å²) in [7, 11) is 0. The second-order valence-corrected chi connectivity index (χ2v) is 7.72. The third-order valence-corrected chi connectivity index (χ3v) is 5.21. The highest BCUT2D eigenvalue weighted by Crippen LogP contribution is 2.40. The molecular weight excluding hydrogens is 398 g/mol. The van der Waals surface area contributed by atoms with Crippen molar-refractivity contribution in [2.45, 2.75) is 44.8 Å². The van der Waals surface area contributed by atoms with E-state index in [-0.39, 0.29) is 11.5 Å². The number of carbonyl (C=O) groups excluding carboxylic acids is 1. The highest BCUT2D eigenvalue weighted by molar-refractivity contribution is 5.89. The zero-order valence-electron chi connectivity index (χ0n) is 17.2. The number of nitrogens with zero attached hydrogens (tertiary/aromatic N) is 2.